The van der Waals surface area contributed by atoms with Crippen LogP contribution in [0.3, 0.4) is 0 Å². The molecule has 1 heterocycles. The molecule has 0 bridgehead atoms. The molecule has 1 atom stereocenters. The first-order chi connectivity index (χ1) is 6.72. The number of rotatable bonds is 6. The van der Waals surface area contributed by atoms with Crippen LogP contribution in [0.5, 0.6) is 0 Å². The summed E-state index contributed by atoms with van der Waals surface area (Å²) in [4.78, 5) is 1.48. The largest absolute Gasteiger partial charge is 0.307 e. The molecular formula is C8H17N5S. The molecule has 1 rings (SSSR count). The third-order valence-corrected chi connectivity index (χ3v) is 2.56. The maximum absolute atomic E-state index is 4.09. The van der Waals surface area contributed by atoms with Gasteiger partial charge in [-0.2, -0.15) is 16.6 Å². The molecule has 0 saturated carbocycles. The van der Waals surface area contributed by atoms with Gasteiger partial charge >= 0.3 is 0 Å². The van der Waals surface area contributed by atoms with Crippen molar-refractivity contribution in [2.24, 2.45) is 7.05 Å². The van der Waals surface area contributed by atoms with Crippen molar-refractivity contribution < 1.29 is 0 Å². The number of nitrogens with one attached hydrogen (secondary N) is 1. The fourth-order valence-electron chi connectivity index (χ4n) is 1.06. The van der Waals surface area contributed by atoms with Crippen LogP contribution in [0.2, 0.25) is 0 Å². The molecule has 1 aromatic rings. The van der Waals surface area contributed by atoms with Crippen LogP contribution in [0.1, 0.15) is 19.2 Å². The number of hydrogen-bond donors (Lipinski definition) is 1. The lowest BCUT2D eigenvalue weighted by atomic mass is 10.2. The van der Waals surface area contributed by atoms with Crippen molar-refractivity contribution in [2.45, 2.75) is 25.9 Å². The predicted molar refractivity (Wildman–Crippen MR) is 58.1 cm³/mol. The Bertz CT molecular complexity index is 262. The first-order valence-corrected chi connectivity index (χ1v) is 6.07. The number of aromatic nitrogens is 4. The lowest BCUT2D eigenvalue weighted by Gasteiger charge is -2.10. The second-order valence-corrected chi connectivity index (χ2v) is 4.24. The standard InChI is InChI=1S/C8H17N5S/c1-7(4-5-14-3)9-6-8-10-12-13(2)11-8/h7,9H,4-6H2,1-3H3. The lowest BCUT2D eigenvalue weighted by molar-refractivity contribution is 0.524. The van der Waals surface area contributed by atoms with Crippen LogP contribution >= 0.6 is 11.8 Å². The summed E-state index contributed by atoms with van der Waals surface area (Å²) >= 11 is 1.87. The highest BCUT2D eigenvalue weighted by atomic mass is 32.2. The molecule has 0 amide bonds. The normalized spacial score (nSPS) is 13.1. The molecule has 0 aliphatic heterocycles. The summed E-state index contributed by atoms with van der Waals surface area (Å²) in [5, 5.41) is 15.1. The second-order valence-electron chi connectivity index (χ2n) is 3.26. The molecule has 1 aromatic heterocycles. The van der Waals surface area contributed by atoms with E-state index in [1.54, 1.807) is 7.05 Å². The van der Waals surface area contributed by atoms with Gasteiger partial charge in [-0.25, -0.2) is 0 Å². The van der Waals surface area contributed by atoms with Crippen molar-refractivity contribution in [2.75, 3.05) is 12.0 Å². The zero-order valence-electron chi connectivity index (χ0n) is 8.90. The molecule has 0 fully saturated rings. The highest BCUT2D eigenvalue weighted by molar-refractivity contribution is 7.98. The van der Waals surface area contributed by atoms with Gasteiger partial charge in [-0.1, -0.05) is 0 Å². The van der Waals surface area contributed by atoms with E-state index in [1.165, 1.54) is 17.0 Å². The zero-order valence-corrected chi connectivity index (χ0v) is 9.71. The quantitative estimate of drug-likeness (QED) is 0.746. The Balaban J connectivity index is 2.20. The van der Waals surface area contributed by atoms with E-state index in [1.807, 2.05) is 11.8 Å². The highest BCUT2D eigenvalue weighted by Crippen LogP contribution is 2.00. The van der Waals surface area contributed by atoms with Gasteiger partial charge in [-0.3, -0.25) is 0 Å². The molecule has 0 aliphatic carbocycles. The number of tetrazole rings is 1. The van der Waals surface area contributed by atoms with Gasteiger partial charge in [0, 0.05) is 6.04 Å². The van der Waals surface area contributed by atoms with Crippen LogP contribution in [0.15, 0.2) is 0 Å². The Labute approximate surface area is 88.6 Å². The van der Waals surface area contributed by atoms with E-state index in [4.69, 9.17) is 0 Å². The minimum Gasteiger partial charge on any atom is -0.307 e. The summed E-state index contributed by atoms with van der Waals surface area (Å²) in [6.07, 6.45) is 3.29. The smallest absolute Gasteiger partial charge is 0.188 e. The molecular weight excluding hydrogens is 198 g/mol. The monoisotopic (exact) mass is 215 g/mol. The average molecular weight is 215 g/mol. The third-order valence-electron chi connectivity index (χ3n) is 1.91. The van der Waals surface area contributed by atoms with Crippen LogP contribution in [-0.2, 0) is 13.6 Å². The minimum atomic E-state index is 0.506. The van der Waals surface area contributed by atoms with Gasteiger partial charge in [0.2, 0.25) is 0 Å². The van der Waals surface area contributed by atoms with Crippen LogP contribution in [0.25, 0.3) is 0 Å². The fraction of sp³-hybridized carbons (Fsp3) is 0.875. The SMILES string of the molecule is CSCCC(C)NCc1nnn(C)n1. The number of aryl methyl sites for hydroxylation is 1. The Kier molecular flexibility index (Phi) is 4.89. The summed E-state index contributed by atoms with van der Waals surface area (Å²) in [7, 11) is 1.77. The first kappa shape index (κ1) is 11.5. The van der Waals surface area contributed by atoms with E-state index in [9.17, 15) is 0 Å². The highest BCUT2D eigenvalue weighted by Gasteiger charge is 2.03. The summed E-state index contributed by atoms with van der Waals surface area (Å²) in [5.74, 6) is 1.94. The van der Waals surface area contributed by atoms with Gasteiger partial charge in [-0.15, -0.1) is 10.2 Å². The molecule has 0 spiro atoms. The predicted octanol–water partition coefficient (Wildman–Crippen LogP) is 0.441. The Hall–Kier alpha value is -0.620. The maximum Gasteiger partial charge on any atom is 0.188 e. The van der Waals surface area contributed by atoms with E-state index in [0.29, 0.717) is 12.6 Å². The average Bonchev–Trinajstić information content (AvgIpc) is 2.58. The molecule has 1 N–H and O–H groups in total. The molecule has 5 nitrogen and oxygen atoms in total. The molecule has 0 aliphatic rings. The Morgan fingerprint density at radius 3 is 2.93 bits per heavy atom. The van der Waals surface area contributed by atoms with Crippen molar-refractivity contribution in [3.05, 3.63) is 5.82 Å². The van der Waals surface area contributed by atoms with Gasteiger partial charge in [0.1, 0.15) is 0 Å². The second kappa shape index (κ2) is 5.98. The zero-order chi connectivity index (χ0) is 10.4. The molecule has 80 valence electrons. The minimum absolute atomic E-state index is 0.506. The molecule has 6 heteroatoms. The lowest BCUT2D eigenvalue weighted by Crippen LogP contribution is -2.26. The summed E-state index contributed by atoms with van der Waals surface area (Å²) in [6.45, 7) is 2.87. The number of hydrogen-bond acceptors (Lipinski definition) is 5. The molecule has 0 saturated heterocycles. The maximum atomic E-state index is 4.09. The van der Waals surface area contributed by atoms with Crippen LogP contribution in [0, 0.1) is 0 Å². The van der Waals surface area contributed by atoms with E-state index < -0.39 is 0 Å². The van der Waals surface area contributed by atoms with Gasteiger partial charge in [0.25, 0.3) is 0 Å². The molecule has 0 radical (unpaired) electrons. The van der Waals surface area contributed by atoms with Crippen molar-refractivity contribution >= 4 is 11.8 Å². The van der Waals surface area contributed by atoms with E-state index in [0.717, 1.165) is 5.82 Å². The number of nitrogens with zero attached hydrogens (tertiary/aromatic N) is 4. The van der Waals surface area contributed by atoms with E-state index in [2.05, 4.69) is 33.9 Å². The molecule has 0 aromatic carbocycles. The topological polar surface area (TPSA) is 55.6 Å². The van der Waals surface area contributed by atoms with Crippen LogP contribution < -0.4 is 5.32 Å². The molecule has 1 unspecified atom stereocenters. The Morgan fingerprint density at radius 1 is 1.57 bits per heavy atom. The summed E-state index contributed by atoms with van der Waals surface area (Å²) in [6, 6.07) is 0.506. The molecule has 14 heavy (non-hydrogen) atoms. The van der Waals surface area contributed by atoms with Crippen molar-refractivity contribution in [3.63, 3.8) is 0 Å². The van der Waals surface area contributed by atoms with Crippen LogP contribution in [0.4, 0.5) is 0 Å². The third kappa shape index (κ3) is 4.06. The summed E-state index contributed by atoms with van der Waals surface area (Å²) < 4.78 is 0. The Morgan fingerprint density at radius 2 is 2.36 bits per heavy atom. The number of thioether (sulfide) groups is 1. The van der Waals surface area contributed by atoms with Crippen molar-refractivity contribution in [1.82, 2.24) is 25.5 Å². The van der Waals surface area contributed by atoms with Crippen molar-refractivity contribution in [3.8, 4) is 0 Å². The van der Waals surface area contributed by atoms with Gasteiger partial charge in [0.05, 0.1) is 13.6 Å². The van der Waals surface area contributed by atoms with E-state index >= 15 is 0 Å². The van der Waals surface area contributed by atoms with Gasteiger partial charge in [-0.05, 0) is 30.6 Å². The first-order valence-electron chi connectivity index (χ1n) is 4.67. The van der Waals surface area contributed by atoms with Gasteiger partial charge in [0.15, 0.2) is 5.82 Å². The van der Waals surface area contributed by atoms with Gasteiger partial charge < -0.3 is 5.32 Å². The summed E-state index contributed by atoms with van der Waals surface area (Å²) in [5.41, 5.74) is 0. The van der Waals surface area contributed by atoms with Crippen LogP contribution in [-0.4, -0.2) is 38.3 Å². The van der Waals surface area contributed by atoms with Crippen molar-refractivity contribution in [1.29, 1.82) is 0 Å². The fourth-order valence-corrected chi connectivity index (χ4v) is 1.65. The van der Waals surface area contributed by atoms with E-state index in [-0.39, 0.29) is 0 Å².